The highest BCUT2D eigenvalue weighted by molar-refractivity contribution is 7.89. The van der Waals surface area contributed by atoms with Gasteiger partial charge in [-0.15, -0.1) is 0 Å². The number of aryl methyl sites for hydroxylation is 1. The zero-order valence-electron chi connectivity index (χ0n) is 17.1. The first-order valence-corrected chi connectivity index (χ1v) is 11.2. The molecule has 0 saturated carbocycles. The van der Waals surface area contributed by atoms with Crippen LogP contribution < -0.4 is 5.32 Å². The highest BCUT2D eigenvalue weighted by Crippen LogP contribution is 2.24. The van der Waals surface area contributed by atoms with Crippen molar-refractivity contribution < 1.29 is 18.0 Å². The number of aromatic nitrogens is 1. The Morgan fingerprint density at radius 1 is 1.17 bits per heavy atom. The molecular formula is C21H26N4O4S. The molecule has 2 amide bonds. The standard InChI is InChI=1S/C21H26N4O4S/c1-16-8-11-22-19(14-16)23-20(26)15-24(2)21(27)17-9-12-25(13-10-17)30(28,29)18-6-4-3-5-7-18/h3-8,11,14,17H,9-10,12-13,15H2,1-2H3,(H,22,23,26). The Morgan fingerprint density at radius 2 is 1.83 bits per heavy atom. The van der Waals surface area contributed by atoms with E-state index in [2.05, 4.69) is 10.3 Å². The van der Waals surface area contributed by atoms with Crippen LogP contribution in [0.1, 0.15) is 18.4 Å². The molecule has 1 aromatic heterocycles. The third kappa shape index (κ3) is 5.22. The van der Waals surface area contributed by atoms with Crippen LogP contribution in [0.5, 0.6) is 0 Å². The molecule has 3 rings (SSSR count). The molecule has 8 nitrogen and oxygen atoms in total. The first-order valence-electron chi connectivity index (χ1n) is 9.80. The zero-order chi connectivity index (χ0) is 21.7. The van der Waals surface area contributed by atoms with E-state index >= 15 is 0 Å². The van der Waals surface area contributed by atoms with Crippen molar-refractivity contribution in [3.63, 3.8) is 0 Å². The molecule has 0 atom stereocenters. The molecule has 2 aromatic rings. The summed E-state index contributed by atoms with van der Waals surface area (Å²) in [4.78, 5) is 30.7. The molecule has 160 valence electrons. The molecule has 1 aliphatic rings. The fraction of sp³-hybridized carbons (Fsp3) is 0.381. The van der Waals surface area contributed by atoms with Gasteiger partial charge in [0.05, 0.1) is 11.4 Å². The maximum absolute atomic E-state index is 12.7. The number of likely N-dealkylation sites (N-methyl/N-ethyl adjacent to an activating group) is 1. The number of pyridine rings is 1. The second-order valence-corrected chi connectivity index (χ2v) is 9.39. The summed E-state index contributed by atoms with van der Waals surface area (Å²) in [5, 5.41) is 2.69. The van der Waals surface area contributed by atoms with Crippen LogP contribution >= 0.6 is 0 Å². The van der Waals surface area contributed by atoms with Crippen molar-refractivity contribution in [3.05, 3.63) is 54.2 Å². The lowest BCUT2D eigenvalue weighted by Gasteiger charge is -2.32. The average Bonchev–Trinajstić information content (AvgIpc) is 2.74. The highest BCUT2D eigenvalue weighted by Gasteiger charge is 2.33. The van der Waals surface area contributed by atoms with Gasteiger partial charge < -0.3 is 10.2 Å². The predicted molar refractivity (Wildman–Crippen MR) is 113 cm³/mol. The van der Waals surface area contributed by atoms with Gasteiger partial charge in [0.15, 0.2) is 0 Å². The van der Waals surface area contributed by atoms with Crippen molar-refractivity contribution in [2.45, 2.75) is 24.7 Å². The van der Waals surface area contributed by atoms with Gasteiger partial charge in [0.25, 0.3) is 0 Å². The van der Waals surface area contributed by atoms with E-state index in [1.165, 1.54) is 9.21 Å². The third-order valence-corrected chi connectivity index (χ3v) is 7.04. The van der Waals surface area contributed by atoms with Gasteiger partial charge in [-0.25, -0.2) is 13.4 Å². The Morgan fingerprint density at radius 3 is 2.47 bits per heavy atom. The summed E-state index contributed by atoms with van der Waals surface area (Å²) in [6.07, 6.45) is 2.46. The second-order valence-electron chi connectivity index (χ2n) is 7.45. The minimum absolute atomic E-state index is 0.0863. The van der Waals surface area contributed by atoms with E-state index in [9.17, 15) is 18.0 Å². The lowest BCUT2D eigenvalue weighted by atomic mass is 9.96. The Hall–Kier alpha value is -2.78. The lowest BCUT2D eigenvalue weighted by molar-refractivity contribution is -0.138. The Balaban J connectivity index is 1.52. The summed E-state index contributed by atoms with van der Waals surface area (Å²) in [5.74, 6) is -0.338. The third-order valence-electron chi connectivity index (χ3n) is 5.12. The van der Waals surface area contributed by atoms with Crippen LogP contribution in [0, 0.1) is 12.8 Å². The van der Waals surface area contributed by atoms with Gasteiger partial charge in [-0.1, -0.05) is 18.2 Å². The molecule has 9 heteroatoms. The zero-order valence-corrected chi connectivity index (χ0v) is 17.9. The number of nitrogens with zero attached hydrogens (tertiary/aromatic N) is 3. The molecular weight excluding hydrogens is 404 g/mol. The fourth-order valence-corrected chi connectivity index (χ4v) is 4.97. The van der Waals surface area contributed by atoms with E-state index in [-0.39, 0.29) is 42.3 Å². The van der Waals surface area contributed by atoms with Gasteiger partial charge >= 0.3 is 0 Å². The van der Waals surface area contributed by atoms with Crippen LogP contribution in [0.4, 0.5) is 5.82 Å². The number of carbonyl (C=O) groups excluding carboxylic acids is 2. The van der Waals surface area contributed by atoms with Crippen molar-refractivity contribution in [1.82, 2.24) is 14.2 Å². The number of nitrogens with one attached hydrogen (secondary N) is 1. The molecule has 1 aromatic carbocycles. The van der Waals surface area contributed by atoms with Crippen LogP contribution in [-0.4, -0.2) is 61.1 Å². The van der Waals surface area contributed by atoms with Crippen LogP contribution in [0.25, 0.3) is 0 Å². The van der Waals surface area contributed by atoms with Gasteiger partial charge in [0, 0.05) is 32.3 Å². The first-order chi connectivity index (χ1) is 14.3. The Bertz CT molecular complexity index is 1000. The van der Waals surface area contributed by atoms with Gasteiger partial charge in [-0.2, -0.15) is 4.31 Å². The van der Waals surface area contributed by atoms with E-state index in [4.69, 9.17) is 0 Å². The summed E-state index contributed by atoms with van der Waals surface area (Å²) in [6, 6.07) is 11.9. The quantitative estimate of drug-likeness (QED) is 0.754. The number of amides is 2. The summed E-state index contributed by atoms with van der Waals surface area (Å²) >= 11 is 0. The van der Waals surface area contributed by atoms with Gasteiger partial charge in [0.1, 0.15) is 5.82 Å². The topological polar surface area (TPSA) is 99.7 Å². The molecule has 30 heavy (non-hydrogen) atoms. The minimum atomic E-state index is -3.55. The molecule has 0 unspecified atom stereocenters. The smallest absolute Gasteiger partial charge is 0.245 e. The molecule has 0 bridgehead atoms. The summed E-state index contributed by atoms with van der Waals surface area (Å²) in [6.45, 7) is 2.37. The number of hydrogen-bond donors (Lipinski definition) is 1. The summed E-state index contributed by atoms with van der Waals surface area (Å²) in [7, 11) is -1.97. The van der Waals surface area contributed by atoms with E-state index < -0.39 is 10.0 Å². The van der Waals surface area contributed by atoms with Crippen LogP contribution in [0.3, 0.4) is 0 Å². The molecule has 0 aliphatic carbocycles. The monoisotopic (exact) mass is 430 g/mol. The van der Waals surface area contributed by atoms with Crippen molar-refractivity contribution in [2.75, 3.05) is 32.0 Å². The highest BCUT2D eigenvalue weighted by atomic mass is 32.2. The second kappa shape index (κ2) is 9.36. The molecule has 0 spiro atoms. The SMILES string of the molecule is Cc1ccnc(NC(=O)CN(C)C(=O)C2CCN(S(=O)(=O)c3ccccc3)CC2)c1. The maximum Gasteiger partial charge on any atom is 0.245 e. The van der Waals surface area contributed by atoms with Crippen LogP contribution in [0.15, 0.2) is 53.6 Å². The van der Waals surface area contributed by atoms with E-state index in [0.717, 1.165) is 5.56 Å². The summed E-state index contributed by atoms with van der Waals surface area (Å²) < 4.78 is 26.8. The van der Waals surface area contributed by atoms with E-state index in [0.29, 0.717) is 18.7 Å². The van der Waals surface area contributed by atoms with Crippen LogP contribution in [0.2, 0.25) is 0 Å². The van der Waals surface area contributed by atoms with Crippen LogP contribution in [-0.2, 0) is 19.6 Å². The molecule has 1 N–H and O–H groups in total. The number of hydrogen-bond acceptors (Lipinski definition) is 5. The minimum Gasteiger partial charge on any atom is -0.336 e. The van der Waals surface area contributed by atoms with Crippen molar-refractivity contribution in [1.29, 1.82) is 0 Å². The first kappa shape index (κ1) is 21.9. The average molecular weight is 431 g/mol. The molecule has 1 fully saturated rings. The van der Waals surface area contributed by atoms with E-state index in [1.807, 2.05) is 13.0 Å². The number of rotatable bonds is 6. The molecule has 0 radical (unpaired) electrons. The Kier molecular flexibility index (Phi) is 6.84. The largest absolute Gasteiger partial charge is 0.336 e. The number of benzene rings is 1. The molecule has 1 saturated heterocycles. The number of carbonyl (C=O) groups is 2. The van der Waals surface area contributed by atoms with Crippen molar-refractivity contribution in [2.24, 2.45) is 5.92 Å². The normalized spacial score (nSPS) is 15.5. The van der Waals surface area contributed by atoms with Crippen molar-refractivity contribution >= 4 is 27.7 Å². The lowest BCUT2D eigenvalue weighted by Crippen LogP contribution is -2.45. The molecule has 1 aliphatic heterocycles. The van der Waals surface area contributed by atoms with Crippen molar-refractivity contribution in [3.8, 4) is 0 Å². The molecule has 2 heterocycles. The van der Waals surface area contributed by atoms with E-state index in [1.54, 1.807) is 49.6 Å². The maximum atomic E-state index is 12.7. The fourth-order valence-electron chi connectivity index (χ4n) is 3.48. The number of anilines is 1. The predicted octanol–water partition coefficient (Wildman–Crippen LogP) is 1.89. The summed E-state index contributed by atoms with van der Waals surface area (Å²) in [5.41, 5.74) is 0.974. The van der Waals surface area contributed by atoms with Gasteiger partial charge in [-0.3, -0.25) is 9.59 Å². The van der Waals surface area contributed by atoms with Gasteiger partial charge in [0.2, 0.25) is 21.8 Å². The number of sulfonamides is 1. The number of piperidine rings is 1. The van der Waals surface area contributed by atoms with Gasteiger partial charge in [-0.05, 0) is 49.6 Å². The Labute approximate surface area is 177 Å².